The van der Waals surface area contributed by atoms with E-state index in [1.54, 1.807) is 6.07 Å². The lowest BCUT2D eigenvalue weighted by molar-refractivity contribution is -0.130. The van der Waals surface area contributed by atoms with Crippen LogP contribution < -0.4 is 5.32 Å². The van der Waals surface area contributed by atoms with Crippen LogP contribution >= 0.6 is 0 Å². The largest absolute Gasteiger partial charge is 0.361 e. The molecule has 110 valence electrons. The van der Waals surface area contributed by atoms with Gasteiger partial charge in [0.1, 0.15) is 0 Å². The van der Waals surface area contributed by atoms with Gasteiger partial charge in [0.2, 0.25) is 5.91 Å². The Morgan fingerprint density at radius 3 is 2.76 bits per heavy atom. The highest BCUT2D eigenvalue weighted by molar-refractivity contribution is 5.99. The smallest absolute Gasteiger partial charge is 0.251 e. The predicted octanol–water partition coefficient (Wildman–Crippen LogP) is 1.91. The lowest BCUT2D eigenvalue weighted by atomic mass is 10.1. The molecule has 1 aliphatic heterocycles. The summed E-state index contributed by atoms with van der Waals surface area (Å²) in [5.41, 5.74) is 1.57. The number of aromatic nitrogens is 1. The fourth-order valence-corrected chi connectivity index (χ4v) is 2.71. The van der Waals surface area contributed by atoms with Crippen molar-refractivity contribution in [1.29, 1.82) is 0 Å². The number of benzene rings is 1. The summed E-state index contributed by atoms with van der Waals surface area (Å²) < 4.78 is 0. The van der Waals surface area contributed by atoms with Crippen LogP contribution in [0, 0.1) is 0 Å². The van der Waals surface area contributed by atoms with Gasteiger partial charge in [-0.05, 0) is 43.5 Å². The van der Waals surface area contributed by atoms with Crippen molar-refractivity contribution in [2.24, 2.45) is 0 Å². The molecule has 5 heteroatoms. The van der Waals surface area contributed by atoms with Crippen molar-refractivity contribution >= 4 is 22.7 Å². The van der Waals surface area contributed by atoms with E-state index in [0.717, 1.165) is 36.8 Å². The minimum atomic E-state index is -0.205. The average molecular weight is 285 g/mol. The van der Waals surface area contributed by atoms with Crippen LogP contribution in [-0.4, -0.2) is 41.3 Å². The molecule has 3 rings (SSSR count). The SMILES string of the molecule is O=C(NCC(=O)N1CCCCC1)c1ccc2[nH]ccc2c1. The topological polar surface area (TPSA) is 65.2 Å². The Labute approximate surface area is 123 Å². The lowest BCUT2D eigenvalue weighted by Gasteiger charge is -2.26. The Morgan fingerprint density at radius 2 is 1.95 bits per heavy atom. The molecule has 2 amide bonds. The Morgan fingerprint density at radius 1 is 1.14 bits per heavy atom. The molecule has 0 atom stereocenters. The van der Waals surface area contributed by atoms with Gasteiger partial charge in [0.15, 0.2) is 0 Å². The van der Waals surface area contributed by atoms with Gasteiger partial charge in [0, 0.05) is 35.8 Å². The van der Waals surface area contributed by atoms with Gasteiger partial charge in [-0.25, -0.2) is 0 Å². The van der Waals surface area contributed by atoms with Gasteiger partial charge >= 0.3 is 0 Å². The molecule has 0 bridgehead atoms. The highest BCUT2D eigenvalue weighted by Crippen LogP contribution is 2.14. The second-order valence-electron chi connectivity index (χ2n) is 5.40. The van der Waals surface area contributed by atoms with Crippen molar-refractivity contribution in [3.63, 3.8) is 0 Å². The first-order chi connectivity index (χ1) is 10.2. The maximum absolute atomic E-state index is 12.1. The molecule has 0 radical (unpaired) electrons. The van der Waals surface area contributed by atoms with Gasteiger partial charge < -0.3 is 15.2 Å². The standard InChI is InChI=1S/C16H19N3O2/c20-15(19-8-2-1-3-9-19)11-18-16(21)13-4-5-14-12(10-13)6-7-17-14/h4-7,10,17H,1-3,8-9,11H2,(H,18,21). The number of amides is 2. The van der Waals surface area contributed by atoms with Gasteiger partial charge in [-0.3, -0.25) is 9.59 Å². The minimum Gasteiger partial charge on any atom is -0.361 e. The zero-order valence-electron chi connectivity index (χ0n) is 11.9. The molecule has 1 aromatic heterocycles. The Kier molecular flexibility index (Phi) is 3.90. The van der Waals surface area contributed by atoms with E-state index in [1.165, 1.54) is 6.42 Å². The van der Waals surface area contributed by atoms with Gasteiger partial charge in [-0.15, -0.1) is 0 Å². The van der Waals surface area contributed by atoms with Crippen molar-refractivity contribution in [3.05, 3.63) is 36.0 Å². The van der Waals surface area contributed by atoms with Crippen molar-refractivity contribution in [2.75, 3.05) is 19.6 Å². The van der Waals surface area contributed by atoms with Crippen LogP contribution in [0.25, 0.3) is 10.9 Å². The van der Waals surface area contributed by atoms with E-state index in [-0.39, 0.29) is 18.4 Å². The number of piperidine rings is 1. The maximum atomic E-state index is 12.1. The first-order valence-corrected chi connectivity index (χ1v) is 7.37. The third-order valence-corrected chi connectivity index (χ3v) is 3.92. The highest BCUT2D eigenvalue weighted by atomic mass is 16.2. The third kappa shape index (κ3) is 3.07. The van der Waals surface area contributed by atoms with E-state index in [0.29, 0.717) is 5.56 Å². The number of hydrogen-bond donors (Lipinski definition) is 2. The zero-order valence-corrected chi connectivity index (χ0v) is 11.9. The van der Waals surface area contributed by atoms with Crippen LogP contribution in [0.5, 0.6) is 0 Å². The van der Waals surface area contributed by atoms with E-state index < -0.39 is 0 Å². The number of H-pyrrole nitrogens is 1. The molecule has 2 aromatic rings. The summed E-state index contributed by atoms with van der Waals surface area (Å²) in [7, 11) is 0. The average Bonchev–Trinajstić information content (AvgIpc) is 3.00. The summed E-state index contributed by atoms with van der Waals surface area (Å²) in [6, 6.07) is 7.38. The highest BCUT2D eigenvalue weighted by Gasteiger charge is 2.17. The molecule has 21 heavy (non-hydrogen) atoms. The fourth-order valence-electron chi connectivity index (χ4n) is 2.71. The van der Waals surface area contributed by atoms with E-state index in [1.807, 2.05) is 29.3 Å². The lowest BCUT2D eigenvalue weighted by Crippen LogP contribution is -2.42. The van der Waals surface area contributed by atoms with E-state index in [4.69, 9.17) is 0 Å². The summed E-state index contributed by atoms with van der Waals surface area (Å²) in [6.45, 7) is 1.69. The molecule has 1 saturated heterocycles. The Bertz CT molecular complexity index is 656. The third-order valence-electron chi connectivity index (χ3n) is 3.92. The maximum Gasteiger partial charge on any atom is 0.251 e. The van der Waals surface area contributed by atoms with E-state index >= 15 is 0 Å². The van der Waals surface area contributed by atoms with Crippen LogP contribution in [0.15, 0.2) is 30.5 Å². The van der Waals surface area contributed by atoms with Gasteiger partial charge in [0.25, 0.3) is 5.91 Å². The summed E-state index contributed by atoms with van der Waals surface area (Å²) in [5, 5.41) is 3.70. The van der Waals surface area contributed by atoms with Crippen molar-refractivity contribution in [3.8, 4) is 0 Å². The predicted molar refractivity (Wildman–Crippen MR) is 81.1 cm³/mol. The quantitative estimate of drug-likeness (QED) is 0.904. The Balaban J connectivity index is 1.59. The number of nitrogens with zero attached hydrogens (tertiary/aromatic N) is 1. The van der Waals surface area contributed by atoms with Gasteiger partial charge in [-0.1, -0.05) is 0 Å². The monoisotopic (exact) mass is 285 g/mol. The van der Waals surface area contributed by atoms with E-state index in [9.17, 15) is 9.59 Å². The molecule has 0 aliphatic carbocycles. The molecular formula is C16H19N3O2. The van der Waals surface area contributed by atoms with Gasteiger partial charge in [0.05, 0.1) is 6.54 Å². The number of rotatable bonds is 3. The molecule has 0 spiro atoms. The van der Waals surface area contributed by atoms with Crippen LogP contribution in [-0.2, 0) is 4.79 Å². The molecular weight excluding hydrogens is 266 g/mol. The number of fused-ring (bicyclic) bond motifs is 1. The van der Waals surface area contributed by atoms with Crippen LogP contribution in [0.4, 0.5) is 0 Å². The Hall–Kier alpha value is -2.30. The normalized spacial score (nSPS) is 15.1. The fraction of sp³-hybridized carbons (Fsp3) is 0.375. The summed E-state index contributed by atoms with van der Waals surface area (Å²) in [4.78, 5) is 29.0. The molecule has 1 aromatic carbocycles. The molecule has 1 fully saturated rings. The summed E-state index contributed by atoms with van der Waals surface area (Å²) in [5.74, 6) is -0.200. The van der Waals surface area contributed by atoms with Gasteiger partial charge in [-0.2, -0.15) is 0 Å². The van der Waals surface area contributed by atoms with Crippen molar-refractivity contribution < 1.29 is 9.59 Å². The molecule has 0 unspecified atom stereocenters. The number of aromatic amines is 1. The number of hydrogen-bond acceptors (Lipinski definition) is 2. The first kappa shape index (κ1) is 13.7. The van der Waals surface area contributed by atoms with Crippen LogP contribution in [0.1, 0.15) is 29.6 Å². The second kappa shape index (κ2) is 5.99. The van der Waals surface area contributed by atoms with Crippen LogP contribution in [0.3, 0.4) is 0 Å². The summed E-state index contributed by atoms with van der Waals surface area (Å²) >= 11 is 0. The molecule has 1 aliphatic rings. The molecule has 2 heterocycles. The minimum absolute atomic E-state index is 0.00534. The zero-order chi connectivity index (χ0) is 14.7. The van der Waals surface area contributed by atoms with Crippen molar-refractivity contribution in [1.82, 2.24) is 15.2 Å². The van der Waals surface area contributed by atoms with Crippen molar-refractivity contribution in [2.45, 2.75) is 19.3 Å². The summed E-state index contributed by atoms with van der Waals surface area (Å²) in [6.07, 6.45) is 5.15. The number of carbonyl (C=O) groups is 2. The molecule has 5 nitrogen and oxygen atoms in total. The number of likely N-dealkylation sites (tertiary alicyclic amines) is 1. The van der Waals surface area contributed by atoms with Crippen LogP contribution in [0.2, 0.25) is 0 Å². The number of carbonyl (C=O) groups excluding carboxylic acids is 2. The molecule has 2 N–H and O–H groups in total. The second-order valence-corrected chi connectivity index (χ2v) is 5.40. The first-order valence-electron chi connectivity index (χ1n) is 7.37. The molecule has 0 saturated carbocycles. The number of nitrogens with one attached hydrogen (secondary N) is 2. The van der Waals surface area contributed by atoms with E-state index in [2.05, 4.69) is 10.3 Å².